The van der Waals surface area contributed by atoms with Gasteiger partial charge in [-0.15, -0.1) is 0 Å². The molecule has 0 atom stereocenters. The molecular formula is C14H18N2O6S2. The van der Waals surface area contributed by atoms with Gasteiger partial charge in [0.2, 0.25) is 20.0 Å². The van der Waals surface area contributed by atoms with Crippen molar-refractivity contribution in [3.05, 3.63) is 29.5 Å². The number of aromatic nitrogens is 1. The van der Waals surface area contributed by atoms with Gasteiger partial charge in [0.05, 0.1) is 30.7 Å². The van der Waals surface area contributed by atoms with Crippen LogP contribution < -0.4 is 4.72 Å². The minimum atomic E-state index is -3.67. The topological polar surface area (TPSA) is 112 Å². The van der Waals surface area contributed by atoms with Crippen molar-refractivity contribution in [2.24, 2.45) is 0 Å². The molecule has 0 aliphatic heterocycles. The molecule has 0 saturated heterocycles. The Morgan fingerprint density at radius 2 is 1.83 bits per heavy atom. The Kier molecular flexibility index (Phi) is 4.64. The van der Waals surface area contributed by atoms with Gasteiger partial charge in [-0.05, 0) is 24.6 Å². The van der Waals surface area contributed by atoms with Crippen molar-refractivity contribution >= 4 is 42.6 Å². The molecule has 0 bridgehead atoms. The maximum atomic E-state index is 12.2. The first-order valence-corrected chi connectivity index (χ1v) is 10.7. The molecule has 24 heavy (non-hydrogen) atoms. The molecule has 0 aliphatic carbocycles. The molecule has 2 aromatic rings. The van der Waals surface area contributed by atoms with Crippen LogP contribution in [0, 0.1) is 0 Å². The molecule has 1 aromatic heterocycles. The Hall–Kier alpha value is -2.07. The van der Waals surface area contributed by atoms with E-state index in [4.69, 9.17) is 4.74 Å². The van der Waals surface area contributed by atoms with Gasteiger partial charge in [-0.25, -0.2) is 25.6 Å². The van der Waals surface area contributed by atoms with Crippen molar-refractivity contribution in [1.82, 2.24) is 3.97 Å². The summed E-state index contributed by atoms with van der Waals surface area (Å²) >= 11 is 0. The predicted octanol–water partition coefficient (Wildman–Crippen LogP) is 1.17. The minimum Gasteiger partial charge on any atom is -0.465 e. The molecule has 0 amide bonds. The largest absolute Gasteiger partial charge is 0.465 e. The highest BCUT2D eigenvalue weighted by Crippen LogP contribution is 2.31. The number of carbonyl (C=O) groups is 1. The summed E-state index contributed by atoms with van der Waals surface area (Å²) in [5.74, 6) is -0.684. The van der Waals surface area contributed by atoms with E-state index in [1.165, 1.54) is 25.3 Å². The number of hydrogen-bond donors (Lipinski definition) is 1. The van der Waals surface area contributed by atoms with E-state index >= 15 is 0 Å². The van der Waals surface area contributed by atoms with Crippen LogP contribution in [-0.2, 0) is 31.2 Å². The Labute approximate surface area is 140 Å². The lowest BCUT2D eigenvalue weighted by atomic mass is 10.1. The molecule has 1 aromatic carbocycles. The molecule has 0 saturated carbocycles. The van der Waals surface area contributed by atoms with Crippen molar-refractivity contribution in [3.8, 4) is 0 Å². The highest BCUT2D eigenvalue weighted by atomic mass is 32.2. The molecule has 0 aliphatic rings. The van der Waals surface area contributed by atoms with Crippen LogP contribution in [0.25, 0.3) is 10.9 Å². The number of methoxy groups -OCH3 is 1. The molecule has 1 heterocycles. The summed E-state index contributed by atoms with van der Waals surface area (Å²) < 4.78 is 55.3. The molecule has 0 fully saturated rings. The number of esters is 1. The van der Waals surface area contributed by atoms with Gasteiger partial charge in [0.25, 0.3) is 0 Å². The van der Waals surface area contributed by atoms with Crippen molar-refractivity contribution in [3.63, 3.8) is 0 Å². The maximum absolute atomic E-state index is 12.2. The molecule has 10 heteroatoms. The fourth-order valence-corrected chi connectivity index (χ4v) is 4.31. The normalized spacial score (nSPS) is 12.3. The Morgan fingerprint density at radius 1 is 1.21 bits per heavy atom. The lowest BCUT2D eigenvalue weighted by Crippen LogP contribution is -2.14. The molecule has 8 nitrogen and oxygen atoms in total. The molecule has 0 spiro atoms. The molecule has 1 N–H and O–H groups in total. The van der Waals surface area contributed by atoms with Crippen molar-refractivity contribution < 1.29 is 26.4 Å². The van der Waals surface area contributed by atoms with Gasteiger partial charge in [-0.1, -0.05) is 6.92 Å². The standard InChI is InChI=1S/C14H18N2O6S2/c1-5-11-13(14(17)22-2)10-8-9(15-23(3,18)19)6-7-12(10)16(11)24(4,20)21/h6-8,15H,5H2,1-4H3. The average Bonchev–Trinajstić information content (AvgIpc) is 2.78. The third-order valence-electron chi connectivity index (χ3n) is 3.38. The lowest BCUT2D eigenvalue weighted by Gasteiger charge is -2.07. The number of rotatable bonds is 5. The Morgan fingerprint density at radius 3 is 2.29 bits per heavy atom. The highest BCUT2D eigenvalue weighted by molar-refractivity contribution is 7.92. The van der Waals surface area contributed by atoms with E-state index in [2.05, 4.69) is 4.72 Å². The zero-order chi connectivity index (χ0) is 18.3. The van der Waals surface area contributed by atoms with Crippen LogP contribution in [0.5, 0.6) is 0 Å². The van der Waals surface area contributed by atoms with Crippen molar-refractivity contribution in [2.45, 2.75) is 13.3 Å². The van der Waals surface area contributed by atoms with Gasteiger partial charge in [-0.3, -0.25) is 4.72 Å². The Bertz CT molecular complexity index is 1020. The van der Waals surface area contributed by atoms with E-state index in [-0.39, 0.29) is 28.9 Å². The SMILES string of the molecule is CCc1c(C(=O)OC)c2cc(NS(C)(=O)=O)ccc2n1S(C)(=O)=O. The second-order valence-electron chi connectivity index (χ2n) is 5.30. The van der Waals surface area contributed by atoms with Gasteiger partial charge in [0, 0.05) is 16.8 Å². The number of benzene rings is 1. The van der Waals surface area contributed by atoms with Gasteiger partial charge < -0.3 is 4.74 Å². The fourth-order valence-electron chi connectivity index (χ4n) is 2.62. The van der Waals surface area contributed by atoms with Crippen LogP contribution in [0.1, 0.15) is 23.0 Å². The van der Waals surface area contributed by atoms with Crippen LogP contribution in [0.2, 0.25) is 0 Å². The van der Waals surface area contributed by atoms with Crippen LogP contribution in [0.3, 0.4) is 0 Å². The second-order valence-corrected chi connectivity index (χ2v) is 8.88. The summed E-state index contributed by atoms with van der Waals surface area (Å²) in [4.78, 5) is 12.2. The van der Waals surface area contributed by atoms with E-state index in [9.17, 15) is 21.6 Å². The van der Waals surface area contributed by atoms with Gasteiger partial charge in [0.15, 0.2) is 0 Å². The van der Waals surface area contributed by atoms with E-state index in [1.54, 1.807) is 6.92 Å². The van der Waals surface area contributed by atoms with E-state index in [1.807, 2.05) is 0 Å². The average molecular weight is 374 g/mol. The quantitative estimate of drug-likeness (QED) is 0.786. The zero-order valence-electron chi connectivity index (χ0n) is 13.7. The summed E-state index contributed by atoms with van der Waals surface area (Å²) in [5.41, 5.74) is 0.908. The maximum Gasteiger partial charge on any atom is 0.340 e. The van der Waals surface area contributed by atoms with Crippen LogP contribution >= 0.6 is 0 Å². The lowest BCUT2D eigenvalue weighted by molar-refractivity contribution is 0.0601. The monoisotopic (exact) mass is 374 g/mol. The third kappa shape index (κ3) is 3.39. The first kappa shape index (κ1) is 18.3. The van der Waals surface area contributed by atoms with Crippen LogP contribution in [0.4, 0.5) is 5.69 Å². The number of nitrogens with one attached hydrogen (secondary N) is 1. The number of fused-ring (bicyclic) bond motifs is 1. The predicted molar refractivity (Wildman–Crippen MR) is 91.4 cm³/mol. The molecule has 0 radical (unpaired) electrons. The summed E-state index contributed by atoms with van der Waals surface area (Å²) in [7, 11) is -5.99. The van der Waals surface area contributed by atoms with Crippen LogP contribution in [0.15, 0.2) is 18.2 Å². The number of anilines is 1. The molecule has 0 unspecified atom stereocenters. The van der Waals surface area contributed by atoms with E-state index in [0.29, 0.717) is 5.39 Å². The van der Waals surface area contributed by atoms with Gasteiger partial charge in [-0.2, -0.15) is 0 Å². The smallest absolute Gasteiger partial charge is 0.340 e. The summed E-state index contributed by atoms with van der Waals surface area (Å²) in [6.07, 6.45) is 2.31. The number of ether oxygens (including phenoxy) is 1. The molecular weight excluding hydrogens is 356 g/mol. The fraction of sp³-hybridized carbons (Fsp3) is 0.357. The second kappa shape index (κ2) is 6.10. The van der Waals surface area contributed by atoms with Gasteiger partial charge >= 0.3 is 5.97 Å². The van der Waals surface area contributed by atoms with Crippen molar-refractivity contribution in [2.75, 3.05) is 24.3 Å². The molecule has 2 rings (SSSR count). The van der Waals surface area contributed by atoms with Gasteiger partial charge in [0.1, 0.15) is 0 Å². The number of carbonyl (C=O) groups excluding carboxylic acids is 1. The number of sulfonamides is 1. The van der Waals surface area contributed by atoms with E-state index in [0.717, 1.165) is 16.5 Å². The summed E-state index contributed by atoms with van der Waals surface area (Å²) in [6.45, 7) is 1.72. The van der Waals surface area contributed by atoms with E-state index < -0.39 is 26.0 Å². The number of nitrogens with zero attached hydrogens (tertiary/aromatic N) is 1. The highest BCUT2D eigenvalue weighted by Gasteiger charge is 2.26. The van der Waals surface area contributed by atoms with Crippen LogP contribution in [-0.4, -0.2) is 46.4 Å². The summed E-state index contributed by atoms with van der Waals surface area (Å²) in [5, 5.41) is 0.303. The Balaban J connectivity index is 2.92. The first-order chi connectivity index (χ1) is 11.0. The molecule has 132 valence electrons. The third-order valence-corrected chi connectivity index (χ3v) is 5.06. The first-order valence-electron chi connectivity index (χ1n) is 6.93. The minimum absolute atomic E-state index is 0.109. The summed E-state index contributed by atoms with van der Waals surface area (Å²) in [6, 6.07) is 4.31. The van der Waals surface area contributed by atoms with Crippen molar-refractivity contribution in [1.29, 1.82) is 0 Å². The zero-order valence-corrected chi connectivity index (χ0v) is 15.3. The number of hydrogen-bond acceptors (Lipinski definition) is 6.